The number of nitrogens with zero attached hydrogens (tertiary/aromatic N) is 4. The fourth-order valence-corrected chi connectivity index (χ4v) is 3.34. The number of anilines is 1. The highest BCUT2D eigenvalue weighted by Crippen LogP contribution is 2.30. The van der Waals surface area contributed by atoms with Crippen molar-refractivity contribution in [2.45, 2.75) is 18.9 Å². The molecule has 1 aromatic carbocycles. The van der Waals surface area contributed by atoms with Crippen LogP contribution in [-0.2, 0) is 0 Å². The van der Waals surface area contributed by atoms with Gasteiger partial charge in [0, 0.05) is 12.7 Å². The second-order valence-corrected chi connectivity index (χ2v) is 6.21. The maximum atomic E-state index is 6.17. The molecule has 0 N–H and O–H groups in total. The highest BCUT2D eigenvalue weighted by Gasteiger charge is 2.28. The first-order valence-corrected chi connectivity index (χ1v) is 8.40. The van der Waals surface area contributed by atoms with Crippen molar-refractivity contribution in [2.24, 2.45) is 0 Å². The molecule has 1 aliphatic heterocycles. The normalized spacial score (nSPS) is 17.4. The van der Waals surface area contributed by atoms with Gasteiger partial charge in [-0.05, 0) is 37.1 Å². The number of aromatic nitrogens is 3. The molecular formula is C18H17ClN4O. The van der Waals surface area contributed by atoms with Crippen molar-refractivity contribution in [1.82, 2.24) is 15.0 Å². The van der Waals surface area contributed by atoms with Crippen molar-refractivity contribution in [3.8, 4) is 5.75 Å². The van der Waals surface area contributed by atoms with Gasteiger partial charge >= 0.3 is 0 Å². The molecule has 0 saturated carbocycles. The highest BCUT2D eigenvalue weighted by atomic mass is 35.5. The van der Waals surface area contributed by atoms with Crippen LogP contribution in [0.1, 0.15) is 12.8 Å². The van der Waals surface area contributed by atoms with Crippen LogP contribution < -0.4 is 9.64 Å². The third-order valence-corrected chi connectivity index (χ3v) is 4.62. The van der Waals surface area contributed by atoms with Crippen molar-refractivity contribution in [2.75, 3.05) is 18.1 Å². The van der Waals surface area contributed by atoms with Crippen LogP contribution in [0.15, 0.2) is 48.9 Å². The predicted octanol–water partition coefficient (Wildman–Crippen LogP) is 3.73. The molecular weight excluding hydrogens is 324 g/mol. The smallest absolute Gasteiger partial charge is 0.164 e. The summed E-state index contributed by atoms with van der Waals surface area (Å²) in [5.74, 6) is 1.65. The highest BCUT2D eigenvalue weighted by molar-refractivity contribution is 6.32. The SMILES string of the molecule is Clc1ccccc1OC[C@H]1CCCN1c1ncnc2ncccc12. The summed E-state index contributed by atoms with van der Waals surface area (Å²) in [6.45, 7) is 1.53. The average Bonchev–Trinajstić information content (AvgIpc) is 3.09. The van der Waals surface area contributed by atoms with Gasteiger partial charge in [0.15, 0.2) is 5.65 Å². The number of rotatable bonds is 4. The minimum Gasteiger partial charge on any atom is -0.490 e. The lowest BCUT2D eigenvalue weighted by atomic mass is 10.2. The number of ether oxygens (including phenoxy) is 1. The van der Waals surface area contributed by atoms with Crippen LogP contribution in [0.4, 0.5) is 5.82 Å². The summed E-state index contributed by atoms with van der Waals surface area (Å²) >= 11 is 6.17. The van der Waals surface area contributed by atoms with E-state index in [1.807, 2.05) is 36.4 Å². The first-order chi connectivity index (χ1) is 11.8. The minimum atomic E-state index is 0.263. The second-order valence-electron chi connectivity index (χ2n) is 5.80. The lowest BCUT2D eigenvalue weighted by molar-refractivity contribution is 0.288. The van der Waals surface area contributed by atoms with Gasteiger partial charge in [0.05, 0.1) is 16.5 Å². The number of para-hydroxylation sites is 1. The van der Waals surface area contributed by atoms with E-state index in [0.29, 0.717) is 11.6 Å². The molecule has 1 atom stereocenters. The number of hydrogen-bond acceptors (Lipinski definition) is 5. The number of fused-ring (bicyclic) bond motifs is 1. The van der Waals surface area contributed by atoms with E-state index in [2.05, 4.69) is 19.9 Å². The summed E-state index contributed by atoms with van der Waals surface area (Å²) in [6.07, 6.45) is 5.51. The Balaban J connectivity index is 1.57. The molecule has 3 heterocycles. The van der Waals surface area contributed by atoms with E-state index in [9.17, 15) is 0 Å². The summed E-state index contributed by atoms with van der Waals surface area (Å²) in [5, 5.41) is 1.61. The fourth-order valence-electron chi connectivity index (χ4n) is 3.15. The molecule has 4 rings (SSSR count). The number of halogens is 1. The van der Waals surface area contributed by atoms with Gasteiger partial charge in [-0.3, -0.25) is 0 Å². The molecule has 1 saturated heterocycles. The van der Waals surface area contributed by atoms with Crippen LogP contribution in [0, 0.1) is 0 Å². The summed E-state index contributed by atoms with van der Waals surface area (Å²) in [5.41, 5.74) is 0.722. The molecule has 0 bridgehead atoms. The number of benzene rings is 1. The molecule has 0 aliphatic carbocycles. The molecule has 6 heteroatoms. The zero-order valence-electron chi connectivity index (χ0n) is 13.1. The van der Waals surface area contributed by atoms with Gasteiger partial charge < -0.3 is 9.64 Å². The zero-order valence-corrected chi connectivity index (χ0v) is 13.9. The number of pyridine rings is 1. The Morgan fingerprint density at radius 3 is 2.96 bits per heavy atom. The van der Waals surface area contributed by atoms with Crippen molar-refractivity contribution >= 4 is 28.5 Å². The predicted molar refractivity (Wildman–Crippen MR) is 94.6 cm³/mol. The second kappa shape index (κ2) is 6.61. The average molecular weight is 341 g/mol. The largest absolute Gasteiger partial charge is 0.490 e. The monoisotopic (exact) mass is 340 g/mol. The summed E-state index contributed by atoms with van der Waals surface area (Å²) in [6, 6.07) is 11.8. The van der Waals surface area contributed by atoms with Crippen molar-refractivity contribution in [3.05, 3.63) is 53.9 Å². The molecule has 2 aromatic heterocycles. The van der Waals surface area contributed by atoms with E-state index in [1.54, 1.807) is 12.5 Å². The van der Waals surface area contributed by atoms with Crippen LogP contribution in [0.25, 0.3) is 11.0 Å². The first kappa shape index (κ1) is 15.1. The van der Waals surface area contributed by atoms with Gasteiger partial charge in [-0.2, -0.15) is 0 Å². The van der Waals surface area contributed by atoms with Crippen LogP contribution in [0.2, 0.25) is 5.02 Å². The van der Waals surface area contributed by atoms with Crippen LogP contribution in [0.3, 0.4) is 0 Å². The molecule has 1 aliphatic rings. The molecule has 24 heavy (non-hydrogen) atoms. The molecule has 1 fully saturated rings. The molecule has 3 aromatic rings. The third kappa shape index (κ3) is 2.87. The van der Waals surface area contributed by atoms with Gasteiger partial charge in [0.25, 0.3) is 0 Å². The topological polar surface area (TPSA) is 51.1 Å². The van der Waals surface area contributed by atoms with E-state index >= 15 is 0 Å². The Bertz CT molecular complexity index is 852. The van der Waals surface area contributed by atoms with Crippen molar-refractivity contribution in [3.63, 3.8) is 0 Å². The zero-order chi connectivity index (χ0) is 16.4. The molecule has 0 amide bonds. The van der Waals surface area contributed by atoms with Crippen molar-refractivity contribution in [1.29, 1.82) is 0 Å². The summed E-state index contributed by atoms with van der Waals surface area (Å²) in [4.78, 5) is 15.4. The molecule has 0 spiro atoms. The minimum absolute atomic E-state index is 0.263. The van der Waals surface area contributed by atoms with E-state index < -0.39 is 0 Å². The standard InChI is InChI=1S/C18H17ClN4O/c19-15-7-1-2-8-16(15)24-11-13-5-4-10-23(13)18-14-6-3-9-20-17(14)21-12-22-18/h1-3,6-9,12-13H,4-5,10-11H2/t13-/m1/s1. The Morgan fingerprint density at radius 1 is 1.12 bits per heavy atom. The molecule has 0 unspecified atom stereocenters. The lowest BCUT2D eigenvalue weighted by Gasteiger charge is -2.26. The number of hydrogen-bond donors (Lipinski definition) is 0. The molecule has 5 nitrogen and oxygen atoms in total. The quantitative estimate of drug-likeness (QED) is 0.724. The first-order valence-electron chi connectivity index (χ1n) is 8.02. The van der Waals surface area contributed by atoms with E-state index in [1.165, 1.54) is 0 Å². The van der Waals surface area contributed by atoms with E-state index in [-0.39, 0.29) is 6.04 Å². The van der Waals surface area contributed by atoms with Gasteiger partial charge in [-0.15, -0.1) is 0 Å². The Kier molecular flexibility index (Phi) is 4.17. The van der Waals surface area contributed by atoms with Crippen LogP contribution >= 0.6 is 11.6 Å². The van der Waals surface area contributed by atoms with Gasteiger partial charge in [-0.25, -0.2) is 15.0 Å². The fraction of sp³-hybridized carbons (Fsp3) is 0.278. The van der Waals surface area contributed by atoms with E-state index in [4.69, 9.17) is 16.3 Å². The maximum Gasteiger partial charge on any atom is 0.164 e. The summed E-state index contributed by atoms with van der Waals surface area (Å²) in [7, 11) is 0. The Labute approximate surface area is 145 Å². The third-order valence-electron chi connectivity index (χ3n) is 4.30. The van der Waals surface area contributed by atoms with Gasteiger partial charge in [0.1, 0.15) is 24.5 Å². The molecule has 122 valence electrons. The summed E-state index contributed by atoms with van der Waals surface area (Å²) < 4.78 is 5.95. The Morgan fingerprint density at radius 2 is 2.04 bits per heavy atom. The van der Waals surface area contributed by atoms with E-state index in [0.717, 1.165) is 42.0 Å². The van der Waals surface area contributed by atoms with Gasteiger partial charge in [-0.1, -0.05) is 23.7 Å². The van der Waals surface area contributed by atoms with Crippen LogP contribution in [0.5, 0.6) is 5.75 Å². The van der Waals surface area contributed by atoms with Crippen molar-refractivity contribution < 1.29 is 4.74 Å². The molecule has 0 radical (unpaired) electrons. The lowest BCUT2D eigenvalue weighted by Crippen LogP contribution is -2.35. The van der Waals surface area contributed by atoms with Crippen LogP contribution in [-0.4, -0.2) is 34.1 Å². The Hall–Kier alpha value is -2.40. The van der Waals surface area contributed by atoms with Gasteiger partial charge in [0.2, 0.25) is 0 Å². The maximum absolute atomic E-state index is 6.17.